The van der Waals surface area contributed by atoms with E-state index in [4.69, 9.17) is 0 Å². The lowest BCUT2D eigenvalue weighted by molar-refractivity contribution is 0.557. The molecule has 66 valence electrons. The molecule has 1 heterocycles. The highest BCUT2D eigenvalue weighted by atomic mass is 15.2. The van der Waals surface area contributed by atoms with Crippen LogP contribution in [0.4, 0.5) is 5.82 Å². The fourth-order valence-corrected chi connectivity index (χ4v) is 0.778. The lowest BCUT2D eigenvalue weighted by Crippen LogP contribution is -2.22. The predicted octanol–water partition coefficient (Wildman–Crippen LogP) is 1.93. The van der Waals surface area contributed by atoms with Gasteiger partial charge >= 0.3 is 0 Å². The first-order valence-electron chi connectivity index (χ1n) is 4.24. The third kappa shape index (κ3) is 2.49. The molecule has 0 spiro atoms. The minimum absolute atomic E-state index is 0.432. The number of hydrogen-bond donors (Lipinski definition) is 1. The molecule has 0 radical (unpaired) electrons. The fourth-order valence-electron chi connectivity index (χ4n) is 0.778. The molecule has 1 rings (SSSR count). The van der Waals surface area contributed by atoms with E-state index in [0.717, 1.165) is 5.82 Å². The van der Waals surface area contributed by atoms with Crippen molar-refractivity contribution in [3.8, 4) is 0 Å². The number of hydrogen-bond acceptors (Lipinski definition) is 3. The van der Waals surface area contributed by atoms with Crippen LogP contribution >= 0.6 is 0 Å². The number of nitrogens with one attached hydrogen (secondary N) is 1. The Bertz CT molecular complexity index is 220. The number of aromatic nitrogens is 2. The second-order valence-electron chi connectivity index (χ2n) is 3.29. The van der Waals surface area contributed by atoms with Gasteiger partial charge in [0, 0.05) is 12.2 Å². The predicted molar refractivity (Wildman–Crippen MR) is 50.0 cm³/mol. The molecule has 0 aliphatic rings. The van der Waals surface area contributed by atoms with Gasteiger partial charge in [-0.15, -0.1) is 5.10 Å². The van der Waals surface area contributed by atoms with Crippen LogP contribution in [-0.2, 0) is 0 Å². The lowest BCUT2D eigenvalue weighted by Gasteiger charge is -2.17. The normalized spacial score (nSPS) is 13.0. The van der Waals surface area contributed by atoms with E-state index >= 15 is 0 Å². The van der Waals surface area contributed by atoms with E-state index in [-0.39, 0.29) is 0 Å². The molecule has 0 aliphatic carbocycles. The molecule has 3 heteroatoms. The van der Waals surface area contributed by atoms with Crippen LogP contribution in [0, 0.1) is 5.92 Å². The molecule has 0 bridgehead atoms. The highest BCUT2D eigenvalue weighted by Gasteiger charge is 2.06. The quantitative estimate of drug-likeness (QED) is 0.743. The largest absolute Gasteiger partial charge is 0.366 e. The zero-order chi connectivity index (χ0) is 8.97. The molecular formula is C9H15N3. The van der Waals surface area contributed by atoms with Crippen LogP contribution in [0.15, 0.2) is 18.3 Å². The molecule has 12 heavy (non-hydrogen) atoms. The van der Waals surface area contributed by atoms with E-state index in [0.29, 0.717) is 12.0 Å². The van der Waals surface area contributed by atoms with Crippen LogP contribution in [0.3, 0.4) is 0 Å². The first-order valence-corrected chi connectivity index (χ1v) is 4.24. The molecule has 1 N–H and O–H groups in total. The van der Waals surface area contributed by atoms with Crippen molar-refractivity contribution in [3.05, 3.63) is 18.3 Å². The van der Waals surface area contributed by atoms with Gasteiger partial charge in [-0.05, 0) is 25.0 Å². The van der Waals surface area contributed by atoms with E-state index in [1.54, 1.807) is 6.20 Å². The van der Waals surface area contributed by atoms with Crippen molar-refractivity contribution >= 4 is 5.82 Å². The van der Waals surface area contributed by atoms with Crippen molar-refractivity contribution < 1.29 is 0 Å². The van der Waals surface area contributed by atoms with Crippen LogP contribution < -0.4 is 5.32 Å². The molecule has 1 atom stereocenters. The topological polar surface area (TPSA) is 37.8 Å². The fraction of sp³-hybridized carbons (Fsp3) is 0.556. The van der Waals surface area contributed by atoms with Gasteiger partial charge in [-0.25, -0.2) is 0 Å². The molecule has 1 aromatic heterocycles. The second kappa shape index (κ2) is 4.04. The third-order valence-electron chi connectivity index (χ3n) is 1.95. The number of anilines is 1. The molecule has 0 saturated heterocycles. The molecule has 0 amide bonds. The van der Waals surface area contributed by atoms with Crippen molar-refractivity contribution in [2.24, 2.45) is 5.92 Å². The average molecular weight is 165 g/mol. The summed E-state index contributed by atoms with van der Waals surface area (Å²) in [6, 6.07) is 4.23. The Hall–Kier alpha value is -1.12. The van der Waals surface area contributed by atoms with Gasteiger partial charge in [0.1, 0.15) is 5.82 Å². The maximum absolute atomic E-state index is 3.94. The molecule has 3 nitrogen and oxygen atoms in total. The van der Waals surface area contributed by atoms with Gasteiger partial charge in [-0.2, -0.15) is 5.10 Å². The van der Waals surface area contributed by atoms with E-state index in [1.807, 2.05) is 12.1 Å². The molecule has 0 aromatic carbocycles. The van der Waals surface area contributed by atoms with Crippen LogP contribution in [0.2, 0.25) is 0 Å². The zero-order valence-corrected chi connectivity index (χ0v) is 7.78. The zero-order valence-electron chi connectivity index (χ0n) is 7.78. The Labute approximate surface area is 73.2 Å². The van der Waals surface area contributed by atoms with Crippen LogP contribution in [0.5, 0.6) is 0 Å². The lowest BCUT2D eigenvalue weighted by atomic mass is 10.1. The van der Waals surface area contributed by atoms with Crippen LogP contribution in [0.1, 0.15) is 20.8 Å². The third-order valence-corrected chi connectivity index (χ3v) is 1.95. The van der Waals surface area contributed by atoms with E-state index in [1.165, 1.54) is 0 Å². The van der Waals surface area contributed by atoms with Gasteiger partial charge in [0.15, 0.2) is 0 Å². The Morgan fingerprint density at radius 3 is 2.58 bits per heavy atom. The van der Waals surface area contributed by atoms with Crippen molar-refractivity contribution in [1.29, 1.82) is 0 Å². The highest BCUT2D eigenvalue weighted by Crippen LogP contribution is 2.07. The summed E-state index contributed by atoms with van der Waals surface area (Å²) < 4.78 is 0. The summed E-state index contributed by atoms with van der Waals surface area (Å²) >= 11 is 0. The van der Waals surface area contributed by atoms with Crippen molar-refractivity contribution in [1.82, 2.24) is 10.2 Å². The monoisotopic (exact) mass is 165 g/mol. The summed E-state index contributed by atoms with van der Waals surface area (Å²) in [5.41, 5.74) is 0. The molecule has 0 saturated carbocycles. The van der Waals surface area contributed by atoms with Gasteiger partial charge in [0.2, 0.25) is 0 Å². The Morgan fingerprint density at radius 2 is 2.08 bits per heavy atom. The summed E-state index contributed by atoms with van der Waals surface area (Å²) in [4.78, 5) is 0. The van der Waals surface area contributed by atoms with E-state index in [2.05, 4.69) is 36.3 Å². The van der Waals surface area contributed by atoms with Crippen molar-refractivity contribution in [2.75, 3.05) is 5.32 Å². The average Bonchev–Trinajstić information content (AvgIpc) is 2.06. The van der Waals surface area contributed by atoms with Crippen LogP contribution in [-0.4, -0.2) is 16.2 Å². The summed E-state index contributed by atoms with van der Waals surface area (Å²) in [5.74, 6) is 1.45. The molecule has 0 aliphatic heterocycles. The molecule has 0 fully saturated rings. The first kappa shape index (κ1) is 8.97. The minimum Gasteiger partial charge on any atom is -0.366 e. The number of rotatable bonds is 3. The second-order valence-corrected chi connectivity index (χ2v) is 3.29. The minimum atomic E-state index is 0.432. The Morgan fingerprint density at radius 1 is 1.33 bits per heavy atom. The van der Waals surface area contributed by atoms with Crippen molar-refractivity contribution in [3.63, 3.8) is 0 Å². The standard InChI is InChI=1S/C9H15N3/c1-7(2)8(3)11-9-5-4-6-10-12-9/h4-8H,1-3H3,(H,11,12). The van der Waals surface area contributed by atoms with Gasteiger partial charge in [0.05, 0.1) is 0 Å². The van der Waals surface area contributed by atoms with Crippen LogP contribution in [0.25, 0.3) is 0 Å². The van der Waals surface area contributed by atoms with Gasteiger partial charge in [-0.1, -0.05) is 13.8 Å². The van der Waals surface area contributed by atoms with Gasteiger partial charge in [0.25, 0.3) is 0 Å². The summed E-state index contributed by atoms with van der Waals surface area (Å²) in [7, 11) is 0. The van der Waals surface area contributed by atoms with E-state index < -0.39 is 0 Å². The SMILES string of the molecule is CC(C)C(C)Nc1cccnn1. The van der Waals surface area contributed by atoms with E-state index in [9.17, 15) is 0 Å². The maximum atomic E-state index is 3.94. The smallest absolute Gasteiger partial charge is 0.148 e. The summed E-state index contributed by atoms with van der Waals surface area (Å²) in [5, 5.41) is 11.0. The Balaban J connectivity index is 2.53. The summed E-state index contributed by atoms with van der Waals surface area (Å²) in [6.07, 6.45) is 1.67. The Kier molecular flexibility index (Phi) is 3.02. The maximum Gasteiger partial charge on any atom is 0.148 e. The number of nitrogens with zero attached hydrogens (tertiary/aromatic N) is 2. The molecule has 1 aromatic rings. The first-order chi connectivity index (χ1) is 5.70. The van der Waals surface area contributed by atoms with Gasteiger partial charge < -0.3 is 5.32 Å². The van der Waals surface area contributed by atoms with Gasteiger partial charge in [-0.3, -0.25) is 0 Å². The highest BCUT2D eigenvalue weighted by molar-refractivity contribution is 5.32. The molecular weight excluding hydrogens is 150 g/mol. The molecule has 1 unspecified atom stereocenters. The van der Waals surface area contributed by atoms with Crippen molar-refractivity contribution in [2.45, 2.75) is 26.8 Å². The summed E-state index contributed by atoms with van der Waals surface area (Å²) in [6.45, 7) is 6.49.